The Bertz CT molecular complexity index is 1140. The van der Waals surface area contributed by atoms with Crippen LogP contribution in [0.25, 0.3) is 39.1 Å². The molecule has 0 aliphatic carbocycles. The summed E-state index contributed by atoms with van der Waals surface area (Å²) in [6.07, 6.45) is 1.58. The van der Waals surface area contributed by atoms with Crippen molar-refractivity contribution in [1.82, 2.24) is 19.5 Å². The van der Waals surface area contributed by atoms with Crippen LogP contribution in [0.3, 0.4) is 0 Å². The van der Waals surface area contributed by atoms with Crippen LogP contribution in [0.2, 0.25) is 0 Å². The van der Waals surface area contributed by atoms with Crippen molar-refractivity contribution >= 4 is 21.8 Å². The molecule has 4 heteroatoms. The molecule has 0 unspecified atom stereocenters. The number of nitrogens with zero attached hydrogens (tertiary/aromatic N) is 4. The van der Waals surface area contributed by atoms with Gasteiger partial charge < -0.3 is 0 Å². The van der Waals surface area contributed by atoms with Crippen molar-refractivity contribution in [1.29, 1.82) is 0 Å². The predicted octanol–water partition coefficient (Wildman–Crippen LogP) is 4.64. The maximum Gasteiger partial charge on any atom is 0.238 e. The monoisotopic (exact) mass is 322 g/mol. The molecule has 0 N–H and O–H groups in total. The number of benzene rings is 3. The van der Waals surface area contributed by atoms with E-state index in [1.165, 1.54) is 10.8 Å². The van der Waals surface area contributed by atoms with Gasteiger partial charge in [-0.3, -0.25) is 4.57 Å². The normalized spacial score (nSPS) is 11.2. The first-order valence-corrected chi connectivity index (χ1v) is 8.15. The number of fused-ring (bicyclic) bond motifs is 3. The van der Waals surface area contributed by atoms with Gasteiger partial charge in [0, 0.05) is 16.3 Å². The van der Waals surface area contributed by atoms with Crippen molar-refractivity contribution in [3.63, 3.8) is 0 Å². The van der Waals surface area contributed by atoms with Crippen LogP contribution in [-0.2, 0) is 0 Å². The van der Waals surface area contributed by atoms with Gasteiger partial charge >= 0.3 is 0 Å². The molecule has 0 atom stereocenters. The summed E-state index contributed by atoms with van der Waals surface area (Å²) in [5.41, 5.74) is 3.16. The molecule has 0 amide bonds. The van der Waals surface area contributed by atoms with Crippen LogP contribution in [0.4, 0.5) is 0 Å². The standard InChI is InChI=1S/C21H14N4/c1-2-8-15(9-3-1)20-22-14-23-21(24-20)25-18-12-6-4-10-16(18)17-11-5-7-13-19(17)25/h1-14H. The third-order valence-electron chi connectivity index (χ3n) is 4.37. The smallest absolute Gasteiger partial charge is 0.238 e. The van der Waals surface area contributed by atoms with Crippen molar-refractivity contribution in [3.8, 4) is 17.3 Å². The Labute approximate surface area is 144 Å². The number of para-hydroxylation sites is 2. The molecular formula is C21H14N4. The zero-order valence-electron chi connectivity index (χ0n) is 13.4. The van der Waals surface area contributed by atoms with Gasteiger partial charge in [0.05, 0.1) is 11.0 Å². The lowest BCUT2D eigenvalue weighted by molar-refractivity contribution is 0.946. The highest BCUT2D eigenvalue weighted by molar-refractivity contribution is 6.08. The molecule has 0 spiro atoms. The topological polar surface area (TPSA) is 43.6 Å². The Morgan fingerprint density at radius 2 is 1.20 bits per heavy atom. The summed E-state index contributed by atoms with van der Waals surface area (Å²) in [5, 5.41) is 2.39. The fraction of sp³-hybridized carbons (Fsp3) is 0. The van der Waals surface area contributed by atoms with Crippen LogP contribution >= 0.6 is 0 Å². The molecule has 5 aromatic rings. The van der Waals surface area contributed by atoms with E-state index in [2.05, 4.69) is 50.9 Å². The quantitative estimate of drug-likeness (QED) is 0.476. The molecule has 0 bridgehead atoms. The zero-order chi connectivity index (χ0) is 16.6. The summed E-state index contributed by atoms with van der Waals surface area (Å²) in [6.45, 7) is 0. The van der Waals surface area contributed by atoms with E-state index in [1.54, 1.807) is 6.33 Å². The maximum atomic E-state index is 4.73. The third kappa shape index (κ3) is 2.19. The summed E-state index contributed by atoms with van der Waals surface area (Å²) in [7, 11) is 0. The molecule has 2 heterocycles. The van der Waals surface area contributed by atoms with Gasteiger partial charge in [-0.1, -0.05) is 66.7 Å². The van der Waals surface area contributed by atoms with Crippen molar-refractivity contribution in [2.45, 2.75) is 0 Å². The highest BCUT2D eigenvalue weighted by Gasteiger charge is 2.14. The molecule has 5 rings (SSSR count). The van der Waals surface area contributed by atoms with Crippen molar-refractivity contribution in [3.05, 3.63) is 85.2 Å². The highest BCUT2D eigenvalue weighted by Crippen LogP contribution is 2.30. The molecule has 0 saturated heterocycles. The van der Waals surface area contributed by atoms with Crippen LogP contribution in [-0.4, -0.2) is 19.5 Å². The first kappa shape index (κ1) is 13.9. The Kier molecular flexibility index (Phi) is 3.07. The summed E-state index contributed by atoms with van der Waals surface area (Å²) >= 11 is 0. The zero-order valence-corrected chi connectivity index (χ0v) is 13.4. The first-order chi connectivity index (χ1) is 12.4. The number of hydrogen-bond acceptors (Lipinski definition) is 3. The summed E-state index contributed by atoms with van der Waals surface area (Å²) in [5.74, 6) is 1.30. The van der Waals surface area contributed by atoms with Crippen LogP contribution in [0.15, 0.2) is 85.2 Å². The molecule has 3 aromatic carbocycles. The van der Waals surface area contributed by atoms with Gasteiger partial charge in [-0.25, -0.2) is 9.97 Å². The van der Waals surface area contributed by atoms with Gasteiger partial charge in [0.2, 0.25) is 5.95 Å². The van der Waals surface area contributed by atoms with Gasteiger partial charge in [-0.05, 0) is 12.1 Å². The van der Waals surface area contributed by atoms with E-state index in [9.17, 15) is 0 Å². The van der Waals surface area contributed by atoms with Crippen LogP contribution in [0.1, 0.15) is 0 Å². The number of hydrogen-bond donors (Lipinski definition) is 0. The SMILES string of the molecule is c1ccc(-c2ncnc(-n3c4ccccc4c4ccccc43)n2)cc1. The van der Waals surface area contributed by atoms with Crippen LogP contribution < -0.4 is 0 Å². The van der Waals surface area contributed by atoms with Gasteiger partial charge in [-0.15, -0.1) is 0 Å². The average Bonchev–Trinajstić information content (AvgIpc) is 3.03. The predicted molar refractivity (Wildman–Crippen MR) is 99.6 cm³/mol. The third-order valence-corrected chi connectivity index (χ3v) is 4.37. The maximum absolute atomic E-state index is 4.73. The van der Waals surface area contributed by atoms with E-state index in [1.807, 2.05) is 42.5 Å². The molecule has 25 heavy (non-hydrogen) atoms. The van der Waals surface area contributed by atoms with Gasteiger partial charge in [0.25, 0.3) is 0 Å². The Morgan fingerprint density at radius 3 is 1.88 bits per heavy atom. The average molecular weight is 322 g/mol. The minimum absolute atomic E-state index is 0.631. The summed E-state index contributed by atoms with van der Waals surface area (Å²) < 4.78 is 2.10. The highest BCUT2D eigenvalue weighted by atomic mass is 15.2. The van der Waals surface area contributed by atoms with Gasteiger partial charge in [-0.2, -0.15) is 4.98 Å². The molecular weight excluding hydrogens is 308 g/mol. The Hall–Kier alpha value is -3.53. The molecule has 0 fully saturated rings. The summed E-state index contributed by atoms with van der Waals surface area (Å²) in [6, 6.07) is 26.6. The lowest BCUT2D eigenvalue weighted by atomic mass is 10.2. The molecule has 0 saturated carbocycles. The Balaban J connectivity index is 1.81. The number of aromatic nitrogens is 4. The Morgan fingerprint density at radius 1 is 0.600 bits per heavy atom. The minimum Gasteiger partial charge on any atom is -0.278 e. The van der Waals surface area contributed by atoms with Crippen molar-refractivity contribution in [2.24, 2.45) is 0 Å². The van der Waals surface area contributed by atoms with Crippen LogP contribution in [0, 0.1) is 0 Å². The van der Waals surface area contributed by atoms with E-state index in [-0.39, 0.29) is 0 Å². The largest absolute Gasteiger partial charge is 0.278 e. The second-order valence-corrected chi connectivity index (χ2v) is 5.84. The lowest BCUT2D eigenvalue weighted by Gasteiger charge is -2.07. The number of rotatable bonds is 2. The fourth-order valence-corrected chi connectivity index (χ4v) is 3.26. The van der Waals surface area contributed by atoms with Gasteiger partial charge in [0.1, 0.15) is 6.33 Å². The van der Waals surface area contributed by atoms with E-state index < -0.39 is 0 Å². The summed E-state index contributed by atoms with van der Waals surface area (Å²) in [4.78, 5) is 13.5. The molecule has 0 aliphatic rings. The van der Waals surface area contributed by atoms with Crippen molar-refractivity contribution < 1.29 is 0 Å². The second-order valence-electron chi connectivity index (χ2n) is 5.84. The van der Waals surface area contributed by atoms with Crippen LogP contribution in [0.5, 0.6) is 0 Å². The lowest BCUT2D eigenvalue weighted by Crippen LogP contribution is -2.03. The van der Waals surface area contributed by atoms with Gasteiger partial charge in [0.15, 0.2) is 5.82 Å². The molecule has 0 aliphatic heterocycles. The molecule has 4 nitrogen and oxygen atoms in total. The second kappa shape index (κ2) is 5.53. The molecule has 118 valence electrons. The first-order valence-electron chi connectivity index (χ1n) is 8.15. The van der Waals surface area contributed by atoms with Crippen molar-refractivity contribution in [2.75, 3.05) is 0 Å². The van der Waals surface area contributed by atoms with E-state index in [4.69, 9.17) is 4.98 Å². The van der Waals surface area contributed by atoms with E-state index >= 15 is 0 Å². The molecule has 0 radical (unpaired) electrons. The van der Waals surface area contributed by atoms with E-state index in [0.717, 1.165) is 16.6 Å². The minimum atomic E-state index is 0.631. The molecule has 2 aromatic heterocycles. The fourth-order valence-electron chi connectivity index (χ4n) is 3.26. The van der Waals surface area contributed by atoms with E-state index in [0.29, 0.717) is 11.8 Å².